The van der Waals surface area contributed by atoms with Gasteiger partial charge in [0, 0.05) is 5.69 Å². The maximum atomic E-state index is 12.5. The topological polar surface area (TPSA) is 46.9 Å². The van der Waals surface area contributed by atoms with Gasteiger partial charge in [0.25, 0.3) is 0 Å². The molecule has 3 rings (SSSR count). The van der Waals surface area contributed by atoms with E-state index in [-0.39, 0.29) is 11.9 Å². The maximum absolute atomic E-state index is 12.5. The first-order valence-corrected chi connectivity index (χ1v) is 7.88. The van der Waals surface area contributed by atoms with E-state index in [0.717, 1.165) is 16.7 Å². The number of rotatable bonds is 4. The van der Waals surface area contributed by atoms with Gasteiger partial charge in [-0.3, -0.25) is 4.79 Å². The lowest BCUT2D eigenvalue weighted by atomic mass is 10.0. The second-order valence-electron chi connectivity index (χ2n) is 6.08. The molecule has 0 aliphatic carbocycles. The smallest absolute Gasteiger partial charge is 0.247 e. The number of aromatic nitrogens is 2. The second kappa shape index (κ2) is 6.24. The van der Waals surface area contributed by atoms with Crippen LogP contribution in [0.2, 0.25) is 0 Å². The number of carbonyl (C=O) groups is 1. The van der Waals surface area contributed by atoms with Crippen LogP contribution in [0.15, 0.2) is 54.9 Å². The Morgan fingerprint density at radius 3 is 2.43 bits per heavy atom. The van der Waals surface area contributed by atoms with Crippen LogP contribution in [-0.4, -0.2) is 15.5 Å². The van der Waals surface area contributed by atoms with Crippen molar-refractivity contribution in [1.29, 1.82) is 0 Å². The van der Waals surface area contributed by atoms with Crippen molar-refractivity contribution in [3.63, 3.8) is 0 Å². The van der Waals surface area contributed by atoms with Gasteiger partial charge in [-0.15, -0.1) is 0 Å². The van der Waals surface area contributed by atoms with Crippen molar-refractivity contribution in [2.24, 2.45) is 0 Å². The van der Waals surface area contributed by atoms with Crippen molar-refractivity contribution in [3.05, 3.63) is 60.4 Å². The molecule has 1 unspecified atom stereocenters. The van der Waals surface area contributed by atoms with Gasteiger partial charge in [0.1, 0.15) is 6.04 Å². The molecule has 0 saturated carbocycles. The Balaban J connectivity index is 1.77. The number of hydrogen-bond donors (Lipinski definition) is 1. The monoisotopic (exact) mass is 307 g/mol. The summed E-state index contributed by atoms with van der Waals surface area (Å²) in [6.07, 6.45) is 1.72. The zero-order valence-corrected chi connectivity index (χ0v) is 13.7. The van der Waals surface area contributed by atoms with Gasteiger partial charge in [-0.25, -0.2) is 4.98 Å². The molecule has 4 nitrogen and oxygen atoms in total. The number of nitrogens with zero attached hydrogens (tertiary/aromatic N) is 2. The lowest BCUT2D eigenvalue weighted by molar-refractivity contribution is -0.118. The van der Waals surface area contributed by atoms with E-state index in [1.807, 2.05) is 47.9 Å². The first kappa shape index (κ1) is 15.3. The van der Waals surface area contributed by atoms with Crippen LogP contribution in [0.3, 0.4) is 0 Å². The maximum Gasteiger partial charge on any atom is 0.247 e. The Hall–Kier alpha value is -2.62. The van der Waals surface area contributed by atoms with Gasteiger partial charge in [-0.05, 0) is 42.7 Å². The molecular formula is C19H21N3O. The molecule has 118 valence electrons. The normalized spacial score (nSPS) is 12.5. The molecule has 0 saturated heterocycles. The van der Waals surface area contributed by atoms with Gasteiger partial charge >= 0.3 is 0 Å². The van der Waals surface area contributed by atoms with Gasteiger partial charge in [0.05, 0.1) is 17.4 Å². The molecule has 0 fully saturated rings. The fraction of sp³-hybridized carbons (Fsp3) is 0.263. The van der Waals surface area contributed by atoms with Crippen molar-refractivity contribution in [2.75, 3.05) is 5.32 Å². The Labute approximate surface area is 136 Å². The number of nitrogens with one attached hydrogen (secondary N) is 1. The molecule has 3 aromatic rings. The molecule has 2 aromatic carbocycles. The lowest BCUT2D eigenvalue weighted by Gasteiger charge is -2.15. The zero-order valence-electron chi connectivity index (χ0n) is 13.7. The minimum Gasteiger partial charge on any atom is -0.324 e. The van der Waals surface area contributed by atoms with E-state index in [1.165, 1.54) is 5.56 Å². The van der Waals surface area contributed by atoms with Gasteiger partial charge in [-0.1, -0.05) is 38.1 Å². The van der Waals surface area contributed by atoms with E-state index in [0.29, 0.717) is 5.92 Å². The highest BCUT2D eigenvalue weighted by molar-refractivity contribution is 5.94. The first-order chi connectivity index (χ1) is 11.1. The van der Waals surface area contributed by atoms with E-state index >= 15 is 0 Å². The fourth-order valence-corrected chi connectivity index (χ4v) is 2.61. The first-order valence-electron chi connectivity index (χ1n) is 7.88. The number of anilines is 1. The summed E-state index contributed by atoms with van der Waals surface area (Å²) in [4.78, 5) is 16.9. The van der Waals surface area contributed by atoms with Gasteiger partial charge < -0.3 is 9.88 Å². The van der Waals surface area contributed by atoms with Crippen LogP contribution in [0.25, 0.3) is 11.0 Å². The molecule has 0 bridgehead atoms. The summed E-state index contributed by atoms with van der Waals surface area (Å²) < 4.78 is 1.90. The summed E-state index contributed by atoms with van der Waals surface area (Å²) in [5.41, 5.74) is 3.94. The second-order valence-corrected chi connectivity index (χ2v) is 6.08. The molecule has 23 heavy (non-hydrogen) atoms. The number of para-hydroxylation sites is 2. The van der Waals surface area contributed by atoms with Crippen LogP contribution < -0.4 is 5.32 Å². The number of imidazole rings is 1. The average Bonchev–Trinajstić information content (AvgIpc) is 2.98. The molecule has 0 aliphatic rings. The van der Waals surface area contributed by atoms with E-state index < -0.39 is 0 Å². The molecule has 1 atom stereocenters. The third kappa shape index (κ3) is 3.11. The molecular weight excluding hydrogens is 286 g/mol. The Kier molecular flexibility index (Phi) is 4.15. The predicted octanol–water partition coefficient (Wildman–Crippen LogP) is 4.36. The van der Waals surface area contributed by atoms with Crippen LogP contribution >= 0.6 is 0 Å². The van der Waals surface area contributed by atoms with Crippen LogP contribution in [0.1, 0.15) is 38.3 Å². The van der Waals surface area contributed by atoms with Gasteiger partial charge in [-0.2, -0.15) is 0 Å². The van der Waals surface area contributed by atoms with Crippen LogP contribution in [0.4, 0.5) is 5.69 Å². The predicted molar refractivity (Wildman–Crippen MR) is 93.6 cm³/mol. The lowest BCUT2D eigenvalue weighted by Crippen LogP contribution is -2.23. The molecule has 1 heterocycles. The Morgan fingerprint density at radius 2 is 1.74 bits per heavy atom. The Morgan fingerprint density at radius 1 is 1.04 bits per heavy atom. The third-order valence-corrected chi connectivity index (χ3v) is 4.12. The molecule has 1 aromatic heterocycles. The van der Waals surface area contributed by atoms with Crippen molar-refractivity contribution < 1.29 is 4.79 Å². The van der Waals surface area contributed by atoms with Crippen LogP contribution in [-0.2, 0) is 4.79 Å². The van der Waals surface area contributed by atoms with Crippen molar-refractivity contribution in [2.45, 2.75) is 32.7 Å². The van der Waals surface area contributed by atoms with Crippen LogP contribution in [0, 0.1) is 0 Å². The van der Waals surface area contributed by atoms with Crippen molar-refractivity contribution in [1.82, 2.24) is 9.55 Å². The van der Waals surface area contributed by atoms with Gasteiger partial charge in [0.2, 0.25) is 5.91 Å². The number of fused-ring (bicyclic) bond motifs is 1. The largest absolute Gasteiger partial charge is 0.324 e. The summed E-state index contributed by atoms with van der Waals surface area (Å²) in [6, 6.07) is 15.5. The third-order valence-electron chi connectivity index (χ3n) is 4.12. The van der Waals surface area contributed by atoms with E-state index in [4.69, 9.17) is 0 Å². The van der Waals surface area contributed by atoms with Gasteiger partial charge in [0.15, 0.2) is 0 Å². The molecule has 1 amide bonds. The highest BCUT2D eigenvalue weighted by atomic mass is 16.2. The number of hydrogen-bond acceptors (Lipinski definition) is 2. The Bertz CT molecular complexity index is 818. The molecule has 4 heteroatoms. The molecule has 0 radical (unpaired) electrons. The summed E-state index contributed by atoms with van der Waals surface area (Å²) in [5.74, 6) is 0.432. The summed E-state index contributed by atoms with van der Waals surface area (Å²) in [6.45, 7) is 6.19. The highest BCUT2D eigenvalue weighted by Gasteiger charge is 2.17. The minimum atomic E-state index is -0.327. The van der Waals surface area contributed by atoms with Crippen molar-refractivity contribution >= 4 is 22.6 Å². The number of benzene rings is 2. The molecule has 0 spiro atoms. The zero-order chi connectivity index (χ0) is 16.4. The molecule has 1 N–H and O–H groups in total. The highest BCUT2D eigenvalue weighted by Crippen LogP contribution is 2.20. The van der Waals surface area contributed by atoms with E-state index in [2.05, 4.69) is 36.3 Å². The SMILES string of the molecule is CC(C)c1ccc(NC(=O)C(C)n2cnc3ccccc32)cc1. The molecule has 0 aliphatic heterocycles. The minimum absolute atomic E-state index is 0.0505. The average molecular weight is 307 g/mol. The summed E-state index contributed by atoms with van der Waals surface area (Å²) in [5, 5.41) is 2.97. The van der Waals surface area contributed by atoms with Crippen molar-refractivity contribution in [3.8, 4) is 0 Å². The standard InChI is InChI=1S/C19H21N3O/c1-13(2)15-8-10-16(11-9-15)21-19(23)14(3)22-12-20-17-6-4-5-7-18(17)22/h4-14H,1-3H3,(H,21,23). The van der Waals surface area contributed by atoms with Crippen LogP contribution in [0.5, 0.6) is 0 Å². The number of carbonyl (C=O) groups excluding carboxylic acids is 1. The number of amides is 1. The van der Waals surface area contributed by atoms with E-state index in [9.17, 15) is 4.79 Å². The quantitative estimate of drug-likeness (QED) is 0.778. The van der Waals surface area contributed by atoms with E-state index in [1.54, 1.807) is 6.33 Å². The summed E-state index contributed by atoms with van der Waals surface area (Å²) >= 11 is 0. The summed E-state index contributed by atoms with van der Waals surface area (Å²) in [7, 11) is 0. The fourth-order valence-electron chi connectivity index (χ4n) is 2.61.